The van der Waals surface area contributed by atoms with E-state index in [2.05, 4.69) is 21.2 Å². The SMILES string of the molecule is O=C(NCC(F)(F)F)Nc1cc(Br)ccc1Cl. The number of amides is 2. The fourth-order valence-corrected chi connectivity index (χ4v) is 1.47. The van der Waals surface area contributed by atoms with E-state index < -0.39 is 18.8 Å². The smallest absolute Gasteiger partial charge is 0.329 e. The third kappa shape index (κ3) is 5.27. The Morgan fingerprint density at radius 2 is 2.06 bits per heavy atom. The molecule has 0 aliphatic carbocycles. The summed E-state index contributed by atoms with van der Waals surface area (Å²) in [4.78, 5) is 11.1. The lowest BCUT2D eigenvalue weighted by Gasteiger charge is -2.10. The van der Waals surface area contributed by atoms with Crippen LogP contribution in [0.1, 0.15) is 0 Å². The molecule has 0 fully saturated rings. The minimum Gasteiger partial charge on any atom is -0.329 e. The predicted molar refractivity (Wildman–Crippen MR) is 62.2 cm³/mol. The van der Waals surface area contributed by atoms with E-state index in [9.17, 15) is 18.0 Å². The summed E-state index contributed by atoms with van der Waals surface area (Å²) in [5, 5.41) is 4.11. The Morgan fingerprint density at radius 3 is 2.65 bits per heavy atom. The number of rotatable bonds is 2. The van der Waals surface area contributed by atoms with Gasteiger partial charge in [0.15, 0.2) is 0 Å². The van der Waals surface area contributed by atoms with Gasteiger partial charge in [0.2, 0.25) is 0 Å². The molecule has 8 heteroatoms. The summed E-state index contributed by atoms with van der Waals surface area (Å²) < 4.78 is 36.1. The number of nitrogens with one attached hydrogen (secondary N) is 2. The van der Waals surface area contributed by atoms with Gasteiger partial charge in [-0.25, -0.2) is 4.79 Å². The maximum Gasteiger partial charge on any atom is 0.405 e. The molecular formula is C9H7BrClF3N2O. The van der Waals surface area contributed by atoms with Crippen molar-refractivity contribution in [3.8, 4) is 0 Å². The van der Waals surface area contributed by atoms with Crippen LogP contribution >= 0.6 is 27.5 Å². The molecule has 0 aromatic heterocycles. The van der Waals surface area contributed by atoms with Crippen LogP contribution in [0.4, 0.5) is 23.7 Å². The van der Waals surface area contributed by atoms with Crippen LogP contribution in [0.15, 0.2) is 22.7 Å². The maximum atomic E-state index is 11.8. The topological polar surface area (TPSA) is 41.1 Å². The molecule has 0 saturated heterocycles. The van der Waals surface area contributed by atoms with Crippen LogP contribution in [-0.2, 0) is 0 Å². The monoisotopic (exact) mass is 330 g/mol. The van der Waals surface area contributed by atoms with Crippen molar-refractivity contribution in [1.82, 2.24) is 5.32 Å². The molecule has 0 atom stereocenters. The van der Waals surface area contributed by atoms with Crippen molar-refractivity contribution in [3.63, 3.8) is 0 Å². The van der Waals surface area contributed by atoms with Crippen LogP contribution in [0.2, 0.25) is 5.02 Å². The fraction of sp³-hybridized carbons (Fsp3) is 0.222. The zero-order valence-corrected chi connectivity index (χ0v) is 10.6. The standard InChI is InChI=1S/C9H7BrClF3N2O/c10-5-1-2-6(11)7(3-5)16-8(17)15-4-9(12,13)14/h1-3H,4H2,(H2,15,16,17). The summed E-state index contributed by atoms with van der Waals surface area (Å²) in [5.74, 6) is 0. The number of hydrogen-bond acceptors (Lipinski definition) is 1. The largest absolute Gasteiger partial charge is 0.405 e. The number of alkyl halides is 3. The lowest BCUT2D eigenvalue weighted by Crippen LogP contribution is -2.36. The van der Waals surface area contributed by atoms with Crippen molar-refractivity contribution < 1.29 is 18.0 Å². The van der Waals surface area contributed by atoms with Crippen LogP contribution < -0.4 is 10.6 Å². The molecule has 0 radical (unpaired) electrons. The van der Waals surface area contributed by atoms with Crippen molar-refractivity contribution in [3.05, 3.63) is 27.7 Å². The molecule has 0 bridgehead atoms. The lowest BCUT2D eigenvalue weighted by molar-refractivity contribution is -0.122. The highest BCUT2D eigenvalue weighted by molar-refractivity contribution is 9.10. The molecule has 0 saturated carbocycles. The van der Waals surface area contributed by atoms with Crippen molar-refractivity contribution in [2.24, 2.45) is 0 Å². The second-order valence-corrected chi connectivity index (χ2v) is 4.37. The Kier molecular flexibility index (Phi) is 4.64. The molecule has 17 heavy (non-hydrogen) atoms. The van der Waals surface area contributed by atoms with Gasteiger partial charge in [-0.05, 0) is 18.2 Å². The quantitative estimate of drug-likeness (QED) is 0.850. The zero-order valence-electron chi connectivity index (χ0n) is 8.24. The molecule has 0 aliphatic heterocycles. The van der Waals surface area contributed by atoms with Crippen molar-refractivity contribution in [1.29, 1.82) is 0 Å². The number of carbonyl (C=O) groups excluding carboxylic acids is 1. The van der Waals surface area contributed by atoms with Crippen LogP contribution in [0, 0.1) is 0 Å². The Balaban J connectivity index is 2.59. The molecule has 1 aromatic rings. The van der Waals surface area contributed by atoms with Gasteiger partial charge in [-0.2, -0.15) is 13.2 Å². The van der Waals surface area contributed by atoms with E-state index in [1.165, 1.54) is 12.1 Å². The summed E-state index contributed by atoms with van der Waals surface area (Å²) in [5.41, 5.74) is 0.223. The molecular weight excluding hydrogens is 324 g/mol. The molecule has 2 amide bonds. The molecule has 1 aromatic carbocycles. The van der Waals surface area contributed by atoms with E-state index in [1.807, 2.05) is 0 Å². The van der Waals surface area contributed by atoms with Crippen molar-refractivity contribution >= 4 is 39.2 Å². The Labute approximate surface area is 108 Å². The minimum atomic E-state index is -4.45. The first-order valence-electron chi connectivity index (χ1n) is 4.34. The van der Waals surface area contributed by atoms with Gasteiger partial charge in [-0.15, -0.1) is 0 Å². The van der Waals surface area contributed by atoms with Gasteiger partial charge >= 0.3 is 12.2 Å². The Hall–Kier alpha value is -0.950. The molecule has 2 N–H and O–H groups in total. The van der Waals surface area contributed by atoms with Gasteiger partial charge in [0.25, 0.3) is 0 Å². The van der Waals surface area contributed by atoms with Gasteiger partial charge in [0.1, 0.15) is 6.54 Å². The molecule has 0 unspecified atom stereocenters. The number of anilines is 1. The van der Waals surface area contributed by atoms with Crippen molar-refractivity contribution in [2.45, 2.75) is 6.18 Å². The molecule has 0 aliphatic rings. The maximum absolute atomic E-state index is 11.8. The van der Waals surface area contributed by atoms with E-state index in [-0.39, 0.29) is 10.7 Å². The number of benzene rings is 1. The summed E-state index contributed by atoms with van der Waals surface area (Å²) in [6, 6.07) is 3.66. The third-order valence-electron chi connectivity index (χ3n) is 1.63. The van der Waals surface area contributed by atoms with E-state index >= 15 is 0 Å². The van der Waals surface area contributed by atoms with Crippen LogP contribution in [0.5, 0.6) is 0 Å². The van der Waals surface area contributed by atoms with E-state index in [0.29, 0.717) is 4.47 Å². The Bertz CT molecular complexity index is 425. The predicted octanol–water partition coefficient (Wildman–Crippen LogP) is 3.79. The Morgan fingerprint density at radius 1 is 1.41 bits per heavy atom. The van der Waals surface area contributed by atoms with Gasteiger partial charge in [-0.3, -0.25) is 0 Å². The summed E-state index contributed by atoms with van der Waals surface area (Å²) in [6.07, 6.45) is -4.45. The molecule has 0 heterocycles. The second kappa shape index (κ2) is 5.59. The molecule has 94 valence electrons. The molecule has 1 rings (SSSR count). The normalized spacial score (nSPS) is 11.1. The van der Waals surface area contributed by atoms with Crippen LogP contribution in [0.3, 0.4) is 0 Å². The van der Waals surface area contributed by atoms with E-state index in [1.54, 1.807) is 11.4 Å². The highest BCUT2D eigenvalue weighted by atomic mass is 79.9. The summed E-state index contributed by atoms with van der Waals surface area (Å²) in [6.45, 7) is -1.40. The first-order valence-corrected chi connectivity index (χ1v) is 5.52. The number of hydrogen-bond donors (Lipinski definition) is 2. The zero-order chi connectivity index (χ0) is 13.1. The van der Waals surface area contributed by atoms with Gasteiger partial charge in [0.05, 0.1) is 10.7 Å². The summed E-state index contributed by atoms with van der Waals surface area (Å²) >= 11 is 8.89. The van der Waals surface area contributed by atoms with Crippen molar-refractivity contribution in [2.75, 3.05) is 11.9 Å². The van der Waals surface area contributed by atoms with E-state index in [0.717, 1.165) is 0 Å². The first-order chi connectivity index (χ1) is 7.78. The highest BCUT2D eigenvalue weighted by Gasteiger charge is 2.27. The van der Waals surface area contributed by atoms with Crippen LogP contribution in [-0.4, -0.2) is 18.8 Å². The van der Waals surface area contributed by atoms with E-state index in [4.69, 9.17) is 11.6 Å². The average molecular weight is 332 g/mol. The minimum absolute atomic E-state index is 0.223. The van der Waals surface area contributed by atoms with Gasteiger partial charge in [0, 0.05) is 4.47 Å². The highest BCUT2D eigenvalue weighted by Crippen LogP contribution is 2.25. The van der Waals surface area contributed by atoms with Gasteiger partial charge in [-0.1, -0.05) is 27.5 Å². The summed E-state index contributed by atoms with van der Waals surface area (Å²) in [7, 11) is 0. The number of carbonyl (C=O) groups is 1. The third-order valence-corrected chi connectivity index (χ3v) is 2.45. The first kappa shape index (κ1) is 14.1. The lowest BCUT2D eigenvalue weighted by atomic mass is 10.3. The average Bonchev–Trinajstić information content (AvgIpc) is 2.20. The van der Waals surface area contributed by atoms with Gasteiger partial charge < -0.3 is 10.6 Å². The second-order valence-electron chi connectivity index (χ2n) is 3.05. The molecule has 0 spiro atoms. The fourth-order valence-electron chi connectivity index (χ4n) is 0.940. The molecule has 3 nitrogen and oxygen atoms in total. The number of halogens is 5. The van der Waals surface area contributed by atoms with Crippen LogP contribution in [0.25, 0.3) is 0 Å². The number of urea groups is 1.